The van der Waals surface area contributed by atoms with Crippen molar-refractivity contribution in [3.63, 3.8) is 0 Å². The second-order valence-corrected chi connectivity index (χ2v) is 5.91. The fraction of sp³-hybridized carbons (Fsp3) is 0.167. The van der Waals surface area contributed by atoms with Gasteiger partial charge in [0.2, 0.25) is 11.7 Å². The monoisotopic (exact) mass is 388 g/mol. The van der Waals surface area contributed by atoms with Gasteiger partial charge in [0.1, 0.15) is 23.1 Å². The van der Waals surface area contributed by atoms with Crippen molar-refractivity contribution in [1.82, 2.24) is 19.9 Å². The van der Waals surface area contributed by atoms with Gasteiger partial charge in [-0.2, -0.15) is 8.78 Å². The number of hydrogen-bond donors (Lipinski definition) is 2. The van der Waals surface area contributed by atoms with Crippen LogP contribution in [0.15, 0.2) is 42.9 Å². The van der Waals surface area contributed by atoms with E-state index in [1.165, 1.54) is 49.8 Å². The first kappa shape index (κ1) is 19.2. The van der Waals surface area contributed by atoms with Crippen LogP contribution in [0.4, 0.5) is 30.5 Å². The van der Waals surface area contributed by atoms with Gasteiger partial charge in [0.05, 0.1) is 5.69 Å². The summed E-state index contributed by atoms with van der Waals surface area (Å²) in [7, 11) is 0. The third-order valence-corrected chi connectivity index (χ3v) is 3.53. The Kier molecular flexibility index (Phi) is 5.21. The lowest BCUT2D eigenvalue weighted by Gasteiger charge is -2.14. The van der Waals surface area contributed by atoms with Crippen molar-refractivity contribution in [2.75, 3.05) is 10.6 Å². The highest BCUT2D eigenvalue weighted by Crippen LogP contribution is 2.32. The van der Waals surface area contributed by atoms with E-state index in [4.69, 9.17) is 0 Å². The summed E-state index contributed by atoms with van der Waals surface area (Å²) >= 11 is 0. The van der Waals surface area contributed by atoms with Gasteiger partial charge in [-0.05, 0) is 18.2 Å². The third kappa shape index (κ3) is 4.40. The molecule has 7 nitrogen and oxygen atoms in total. The number of hydrogen-bond acceptors (Lipinski definition) is 6. The highest BCUT2D eigenvalue weighted by atomic mass is 19.3. The number of halogens is 3. The van der Waals surface area contributed by atoms with Gasteiger partial charge < -0.3 is 10.6 Å². The van der Waals surface area contributed by atoms with E-state index in [0.717, 1.165) is 0 Å². The molecule has 0 aliphatic rings. The van der Waals surface area contributed by atoms with E-state index in [0.29, 0.717) is 6.92 Å². The topological polar surface area (TPSA) is 92.7 Å². The van der Waals surface area contributed by atoms with E-state index in [1.54, 1.807) is 0 Å². The van der Waals surface area contributed by atoms with Crippen LogP contribution in [0.5, 0.6) is 0 Å². The molecule has 10 heteroatoms. The largest absolute Gasteiger partial charge is 0.339 e. The lowest BCUT2D eigenvalue weighted by atomic mass is 10.1. The predicted molar refractivity (Wildman–Crippen MR) is 96.6 cm³/mol. The first-order valence-electron chi connectivity index (χ1n) is 8.11. The highest BCUT2D eigenvalue weighted by Gasteiger charge is 2.28. The highest BCUT2D eigenvalue weighted by molar-refractivity contribution is 5.89. The number of alkyl halides is 2. The maximum absolute atomic E-state index is 14.2. The molecule has 0 fully saturated rings. The smallest absolute Gasteiger partial charge is 0.303 e. The average Bonchev–Trinajstić information content (AvgIpc) is 2.62. The molecule has 3 aromatic heterocycles. The standard InChI is InChI=1S/C18H15F3N6O/c1-10(28)25-15-8-13(11(9-24-15)16-12(19)4-3-6-22-16)26-14-5-7-23-17(27-14)18(2,20)21/h3-9H,1-2H3,(H2,23,24,25,26,27,28). The molecule has 0 atom stereocenters. The Morgan fingerprint density at radius 1 is 1.11 bits per heavy atom. The van der Waals surface area contributed by atoms with Crippen LogP contribution in [0.3, 0.4) is 0 Å². The van der Waals surface area contributed by atoms with Gasteiger partial charge in [0, 0.05) is 44.1 Å². The number of anilines is 3. The zero-order valence-electron chi connectivity index (χ0n) is 14.9. The summed E-state index contributed by atoms with van der Waals surface area (Å²) in [6, 6.07) is 5.47. The Hall–Kier alpha value is -3.56. The summed E-state index contributed by atoms with van der Waals surface area (Å²) in [4.78, 5) is 26.7. The maximum atomic E-state index is 14.2. The van der Waals surface area contributed by atoms with Crippen molar-refractivity contribution in [3.8, 4) is 11.3 Å². The van der Waals surface area contributed by atoms with Gasteiger partial charge in [-0.1, -0.05) is 0 Å². The van der Waals surface area contributed by atoms with Crippen molar-refractivity contribution in [3.05, 3.63) is 54.5 Å². The number of pyridine rings is 2. The molecule has 0 aromatic carbocycles. The lowest BCUT2D eigenvalue weighted by Crippen LogP contribution is -2.13. The minimum atomic E-state index is -3.23. The van der Waals surface area contributed by atoms with Gasteiger partial charge in [-0.25, -0.2) is 19.3 Å². The minimum Gasteiger partial charge on any atom is -0.339 e. The molecular formula is C18H15F3N6O. The molecule has 3 aromatic rings. The predicted octanol–water partition coefficient (Wildman–Crippen LogP) is 3.89. The molecule has 0 radical (unpaired) electrons. The number of nitrogens with zero attached hydrogens (tertiary/aromatic N) is 4. The van der Waals surface area contributed by atoms with E-state index in [1.807, 2.05) is 0 Å². The van der Waals surface area contributed by atoms with E-state index >= 15 is 0 Å². The van der Waals surface area contributed by atoms with E-state index in [9.17, 15) is 18.0 Å². The van der Waals surface area contributed by atoms with Crippen LogP contribution in [-0.2, 0) is 10.7 Å². The van der Waals surface area contributed by atoms with Crippen molar-refractivity contribution < 1.29 is 18.0 Å². The number of carbonyl (C=O) groups is 1. The second kappa shape index (κ2) is 7.59. The molecule has 3 rings (SSSR count). The molecule has 28 heavy (non-hydrogen) atoms. The minimum absolute atomic E-state index is 0.00183. The Morgan fingerprint density at radius 3 is 2.57 bits per heavy atom. The normalized spacial score (nSPS) is 11.2. The molecule has 3 heterocycles. The molecule has 0 saturated carbocycles. The SMILES string of the molecule is CC(=O)Nc1cc(Nc2ccnc(C(C)(F)F)n2)c(-c2ncccc2F)cn1. The van der Waals surface area contributed by atoms with Crippen LogP contribution in [0.2, 0.25) is 0 Å². The zero-order chi connectivity index (χ0) is 20.3. The number of nitrogens with one attached hydrogen (secondary N) is 2. The van der Waals surface area contributed by atoms with Crippen molar-refractivity contribution >= 4 is 23.2 Å². The van der Waals surface area contributed by atoms with Gasteiger partial charge in [-0.15, -0.1) is 0 Å². The summed E-state index contributed by atoms with van der Waals surface area (Å²) in [5.41, 5.74) is 0.526. The van der Waals surface area contributed by atoms with Crippen LogP contribution in [-0.4, -0.2) is 25.8 Å². The van der Waals surface area contributed by atoms with Gasteiger partial charge >= 0.3 is 5.92 Å². The number of rotatable bonds is 5. The first-order valence-corrected chi connectivity index (χ1v) is 8.11. The fourth-order valence-electron chi connectivity index (χ4n) is 2.36. The fourth-order valence-corrected chi connectivity index (χ4v) is 2.36. The van der Waals surface area contributed by atoms with Crippen LogP contribution in [0.25, 0.3) is 11.3 Å². The molecule has 0 bridgehead atoms. The Morgan fingerprint density at radius 2 is 1.89 bits per heavy atom. The molecule has 0 unspecified atom stereocenters. The zero-order valence-corrected chi connectivity index (χ0v) is 14.9. The summed E-state index contributed by atoms with van der Waals surface area (Å²) in [5.74, 6) is -4.60. The molecule has 144 valence electrons. The first-order chi connectivity index (χ1) is 13.2. The maximum Gasteiger partial charge on any atom is 0.303 e. The number of amides is 1. The van der Waals surface area contributed by atoms with Crippen LogP contribution in [0, 0.1) is 5.82 Å². The van der Waals surface area contributed by atoms with Gasteiger partial charge in [-0.3, -0.25) is 9.78 Å². The Balaban J connectivity index is 2.07. The average molecular weight is 388 g/mol. The molecule has 0 aliphatic carbocycles. The van der Waals surface area contributed by atoms with E-state index in [2.05, 4.69) is 30.6 Å². The van der Waals surface area contributed by atoms with Gasteiger partial charge in [0.15, 0.2) is 0 Å². The van der Waals surface area contributed by atoms with Crippen molar-refractivity contribution in [2.45, 2.75) is 19.8 Å². The van der Waals surface area contributed by atoms with E-state index in [-0.39, 0.29) is 34.5 Å². The van der Waals surface area contributed by atoms with Crippen LogP contribution >= 0.6 is 0 Å². The van der Waals surface area contributed by atoms with Crippen LogP contribution in [0.1, 0.15) is 19.7 Å². The molecule has 1 amide bonds. The number of aromatic nitrogens is 4. The lowest BCUT2D eigenvalue weighted by molar-refractivity contribution is -0.114. The summed E-state index contributed by atoms with van der Waals surface area (Å²) in [6.07, 6.45) is 3.90. The second-order valence-electron chi connectivity index (χ2n) is 5.91. The van der Waals surface area contributed by atoms with Crippen LogP contribution < -0.4 is 10.6 Å². The van der Waals surface area contributed by atoms with Crippen molar-refractivity contribution in [1.29, 1.82) is 0 Å². The Bertz CT molecular complexity index is 1020. The quantitative estimate of drug-likeness (QED) is 0.689. The van der Waals surface area contributed by atoms with Crippen molar-refractivity contribution in [2.24, 2.45) is 0 Å². The Labute approximate surface area is 158 Å². The third-order valence-electron chi connectivity index (χ3n) is 3.53. The molecule has 0 saturated heterocycles. The summed E-state index contributed by atoms with van der Waals surface area (Å²) in [5, 5.41) is 5.34. The summed E-state index contributed by atoms with van der Waals surface area (Å²) in [6.45, 7) is 1.99. The molecule has 0 aliphatic heterocycles. The number of carbonyl (C=O) groups excluding carboxylic acids is 1. The molecule has 0 spiro atoms. The molecular weight excluding hydrogens is 373 g/mol. The summed E-state index contributed by atoms with van der Waals surface area (Å²) < 4.78 is 41.2. The van der Waals surface area contributed by atoms with Gasteiger partial charge in [0.25, 0.3) is 0 Å². The van der Waals surface area contributed by atoms with E-state index < -0.39 is 17.6 Å². The molecule has 2 N–H and O–H groups in total.